The highest BCUT2D eigenvalue weighted by Crippen LogP contribution is 2.32. The number of hydrogen-bond acceptors (Lipinski definition) is 7. The molecule has 2 aromatic carbocycles. The smallest absolute Gasteiger partial charge is 0.340 e. The second-order valence-corrected chi connectivity index (χ2v) is 6.54. The molecule has 0 aliphatic heterocycles. The Bertz CT molecular complexity index is 931. The molecular weight excluding hydrogens is 374 g/mol. The highest BCUT2D eigenvalue weighted by atomic mass is 32.2. The van der Waals surface area contributed by atoms with Crippen molar-refractivity contribution < 1.29 is 18.3 Å². The minimum absolute atomic E-state index is 0.123. The van der Waals surface area contributed by atoms with Gasteiger partial charge in [0.2, 0.25) is 0 Å². The van der Waals surface area contributed by atoms with Crippen molar-refractivity contribution in [1.82, 2.24) is 8.75 Å². The van der Waals surface area contributed by atoms with Crippen LogP contribution in [0.2, 0.25) is 0 Å². The van der Waals surface area contributed by atoms with Crippen LogP contribution in [-0.4, -0.2) is 30.6 Å². The van der Waals surface area contributed by atoms with Gasteiger partial charge in [-0.1, -0.05) is 42.5 Å². The van der Waals surface area contributed by atoms with Crippen molar-refractivity contribution in [3.8, 4) is 0 Å². The van der Waals surface area contributed by atoms with Crippen molar-refractivity contribution in [3.63, 3.8) is 0 Å². The SMILES string of the molecule is COC(=O)c1ccccc1N(c1nsnc1Cc1ccccc1)S(=O)[O-]. The fourth-order valence-corrected chi connectivity index (χ4v) is 3.66. The second kappa shape index (κ2) is 8.17. The Hall–Kier alpha value is -2.62. The Morgan fingerprint density at radius 2 is 1.85 bits per heavy atom. The van der Waals surface area contributed by atoms with Crippen molar-refractivity contribution in [2.45, 2.75) is 6.42 Å². The van der Waals surface area contributed by atoms with Gasteiger partial charge >= 0.3 is 5.97 Å². The van der Waals surface area contributed by atoms with E-state index in [1.807, 2.05) is 30.3 Å². The van der Waals surface area contributed by atoms with Gasteiger partial charge in [-0.15, -0.1) is 0 Å². The molecule has 0 saturated carbocycles. The minimum atomic E-state index is -2.70. The molecule has 0 radical (unpaired) electrons. The molecule has 0 N–H and O–H groups in total. The Kier molecular flexibility index (Phi) is 5.71. The first-order valence-electron chi connectivity index (χ1n) is 7.54. The standard InChI is InChI=1S/C17H15N3O4S2/c1-24-17(21)13-9-5-6-10-15(13)20(26(22)23)16-14(18-25-19-16)11-12-7-3-2-4-8-12/h2-10H,11H2,1H3,(H,22,23)/p-1. The second-order valence-electron chi connectivity index (χ2n) is 5.22. The molecule has 0 fully saturated rings. The minimum Gasteiger partial charge on any atom is -0.755 e. The first kappa shape index (κ1) is 18.2. The summed E-state index contributed by atoms with van der Waals surface area (Å²) in [5.41, 5.74) is 1.76. The van der Waals surface area contributed by atoms with Crippen LogP contribution >= 0.6 is 11.7 Å². The maximum absolute atomic E-state index is 12.0. The van der Waals surface area contributed by atoms with Crippen LogP contribution < -0.4 is 4.31 Å². The number of ether oxygens (including phenoxy) is 1. The number of para-hydroxylation sites is 1. The first-order chi connectivity index (χ1) is 12.6. The van der Waals surface area contributed by atoms with Crippen molar-refractivity contribution in [1.29, 1.82) is 0 Å². The summed E-state index contributed by atoms with van der Waals surface area (Å²) in [6.07, 6.45) is 0.417. The summed E-state index contributed by atoms with van der Waals surface area (Å²) in [7, 11) is 1.24. The fraction of sp³-hybridized carbons (Fsp3) is 0.118. The van der Waals surface area contributed by atoms with E-state index < -0.39 is 17.2 Å². The van der Waals surface area contributed by atoms with E-state index in [0.717, 1.165) is 21.6 Å². The molecule has 1 atom stereocenters. The molecule has 0 amide bonds. The van der Waals surface area contributed by atoms with Crippen LogP contribution in [0.4, 0.5) is 11.5 Å². The molecule has 1 unspecified atom stereocenters. The van der Waals surface area contributed by atoms with Crippen LogP contribution in [0.1, 0.15) is 21.6 Å². The summed E-state index contributed by atoms with van der Waals surface area (Å²) in [6, 6.07) is 15.8. The number of hydrogen-bond donors (Lipinski definition) is 0. The number of anilines is 2. The van der Waals surface area contributed by atoms with Crippen molar-refractivity contribution in [2.24, 2.45) is 0 Å². The van der Waals surface area contributed by atoms with Gasteiger partial charge in [0.1, 0.15) is 5.69 Å². The van der Waals surface area contributed by atoms with E-state index in [9.17, 15) is 13.6 Å². The molecule has 7 nitrogen and oxygen atoms in total. The number of benzene rings is 2. The molecule has 0 bridgehead atoms. The number of methoxy groups -OCH3 is 1. The maximum Gasteiger partial charge on any atom is 0.340 e. The molecule has 0 aliphatic rings. The molecule has 0 saturated heterocycles. The van der Waals surface area contributed by atoms with Gasteiger partial charge in [0, 0.05) is 6.42 Å². The van der Waals surface area contributed by atoms with Crippen molar-refractivity contribution in [2.75, 3.05) is 11.4 Å². The van der Waals surface area contributed by atoms with Crippen LogP contribution in [0.3, 0.4) is 0 Å². The van der Waals surface area contributed by atoms with Crippen LogP contribution in [0, 0.1) is 0 Å². The molecule has 1 heterocycles. The summed E-state index contributed by atoms with van der Waals surface area (Å²) in [4.78, 5) is 12.0. The van der Waals surface area contributed by atoms with Gasteiger partial charge in [-0.3, -0.25) is 8.51 Å². The first-order valence-corrected chi connectivity index (χ1v) is 9.30. The van der Waals surface area contributed by atoms with Gasteiger partial charge < -0.3 is 9.29 Å². The number of carbonyl (C=O) groups is 1. The summed E-state index contributed by atoms with van der Waals surface area (Å²) in [5, 5.41) is 0. The number of esters is 1. The molecular formula is C17H14N3O4S2-. The Morgan fingerprint density at radius 1 is 1.15 bits per heavy atom. The highest BCUT2D eigenvalue weighted by Gasteiger charge is 2.24. The van der Waals surface area contributed by atoms with E-state index in [4.69, 9.17) is 4.74 Å². The Morgan fingerprint density at radius 3 is 2.54 bits per heavy atom. The van der Waals surface area contributed by atoms with E-state index in [0.29, 0.717) is 12.1 Å². The van der Waals surface area contributed by atoms with E-state index in [2.05, 4.69) is 8.75 Å². The van der Waals surface area contributed by atoms with E-state index in [1.54, 1.807) is 12.1 Å². The third kappa shape index (κ3) is 3.79. The van der Waals surface area contributed by atoms with E-state index in [-0.39, 0.29) is 17.1 Å². The topological polar surface area (TPSA) is 95.5 Å². The predicted molar refractivity (Wildman–Crippen MR) is 98.0 cm³/mol. The molecule has 26 heavy (non-hydrogen) atoms. The van der Waals surface area contributed by atoms with Gasteiger partial charge in [-0.05, 0) is 17.7 Å². The van der Waals surface area contributed by atoms with Gasteiger partial charge in [0.25, 0.3) is 0 Å². The summed E-state index contributed by atoms with van der Waals surface area (Å²) >= 11 is -1.79. The fourth-order valence-electron chi connectivity index (χ4n) is 2.46. The zero-order valence-electron chi connectivity index (χ0n) is 13.7. The Balaban J connectivity index is 2.05. The molecule has 3 rings (SSSR count). The number of carbonyl (C=O) groups excluding carboxylic acids is 1. The average Bonchev–Trinajstić information content (AvgIpc) is 3.10. The average molecular weight is 388 g/mol. The molecule has 134 valence electrons. The number of rotatable bonds is 6. The van der Waals surface area contributed by atoms with E-state index >= 15 is 0 Å². The van der Waals surface area contributed by atoms with E-state index in [1.165, 1.54) is 19.2 Å². The molecule has 1 aromatic heterocycles. The summed E-state index contributed by atoms with van der Waals surface area (Å²) in [6.45, 7) is 0. The van der Waals surface area contributed by atoms with Gasteiger partial charge in [-0.2, -0.15) is 8.75 Å². The Labute approximate surface area is 157 Å². The van der Waals surface area contributed by atoms with Gasteiger partial charge in [0.05, 0.1) is 41.4 Å². The lowest BCUT2D eigenvalue weighted by atomic mass is 10.1. The van der Waals surface area contributed by atoms with Gasteiger partial charge in [0.15, 0.2) is 5.82 Å². The van der Waals surface area contributed by atoms with Crippen LogP contribution in [0.25, 0.3) is 0 Å². The summed E-state index contributed by atoms with van der Waals surface area (Å²) < 4.78 is 38.1. The zero-order valence-corrected chi connectivity index (χ0v) is 15.3. The lowest BCUT2D eigenvalue weighted by Gasteiger charge is -2.26. The molecule has 0 spiro atoms. The lowest BCUT2D eigenvalue weighted by molar-refractivity contribution is 0.0602. The third-order valence-electron chi connectivity index (χ3n) is 3.62. The molecule has 3 aromatic rings. The van der Waals surface area contributed by atoms with Crippen LogP contribution in [0.5, 0.6) is 0 Å². The predicted octanol–water partition coefficient (Wildman–Crippen LogP) is 2.85. The quantitative estimate of drug-likeness (QED) is 0.476. The zero-order chi connectivity index (χ0) is 18.5. The maximum atomic E-state index is 12.0. The lowest BCUT2D eigenvalue weighted by Crippen LogP contribution is -2.23. The number of nitrogens with zero attached hydrogens (tertiary/aromatic N) is 3. The highest BCUT2D eigenvalue weighted by molar-refractivity contribution is 7.81. The van der Waals surface area contributed by atoms with Crippen LogP contribution in [0.15, 0.2) is 54.6 Å². The molecule has 0 aliphatic carbocycles. The molecule has 9 heteroatoms. The van der Waals surface area contributed by atoms with Gasteiger partial charge in [-0.25, -0.2) is 4.79 Å². The monoisotopic (exact) mass is 388 g/mol. The van der Waals surface area contributed by atoms with Crippen molar-refractivity contribution in [3.05, 3.63) is 71.4 Å². The normalized spacial score (nSPS) is 11.8. The third-order valence-corrected chi connectivity index (χ3v) is 4.84. The van der Waals surface area contributed by atoms with Crippen molar-refractivity contribution >= 4 is 40.5 Å². The largest absolute Gasteiger partial charge is 0.755 e. The van der Waals surface area contributed by atoms with Crippen LogP contribution in [-0.2, 0) is 22.4 Å². The number of aromatic nitrogens is 2. The summed E-state index contributed by atoms with van der Waals surface area (Å²) in [5.74, 6) is -0.465.